The predicted octanol–water partition coefficient (Wildman–Crippen LogP) is 12.9. The molecule has 4 nitrogen and oxygen atoms in total. The van der Waals surface area contributed by atoms with Gasteiger partial charge >= 0.3 is 0 Å². The van der Waals surface area contributed by atoms with E-state index < -0.39 is 0 Å². The molecular weight excluding hydrogens is 683 g/mol. The zero-order valence-electron chi connectivity index (χ0n) is 32.5. The van der Waals surface area contributed by atoms with E-state index >= 15 is 0 Å². The van der Waals surface area contributed by atoms with Gasteiger partial charge < -0.3 is 19.4 Å². The molecule has 0 spiro atoms. The molecule has 0 saturated heterocycles. The third kappa shape index (κ3) is 4.93. The minimum Gasteiger partial charge on any atom is -0.454 e. The van der Waals surface area contributed by atoms with Gasteiger partial charge in [0, 0.05) is 27.7 Å². The number of ether oxygens (including phenoxy) is 1. The molecular formula is C51H42BN2O2. The Kier molecular flexibility index (Phi) is 7.05. The molecule has 3 aliphatic rings. The monoisotopic (exact) mass is 725 g/mol. The van der Waals surface area contributed by atoms with Crippen LogP contribution < -0.4 is 25.9 Å². The molecule has 3 heterocycles. The van der Waals surface area contributed by atoms with Gasteiger partial charge in [-0.25, -0.2) is 0 Å². The summed E-state index contributed by atoms with van der Waals surface area (Å²) in [5.74, 6) is 1.64. The second-order valence-electron chi connectivity index (χ2n) is 17.1. The van der Waals surface area contributed by atoms with E-state index in [2.05, 4.69) is 167 Å². The summed E-state index contributed by atoms with van der Waals surface area (Å²) in [6.45, 7) is 11.9. The van der Waals surface area contributed by atoms with Crippen LogP contribution in [-0.4, -0.2) is 7.28 Å². The topological polar surface area (TPSA) is 37.6 Å². The lowest BCUT2D eigenvalue weighted by Gasteiger charge is -2.43. The van der Waals surface area contributed by atoms with Gasteiger partial charge in [0.05, 0.1) is 17.1 Å². The Hall–Kier alpha value is -6.20. The third-order valence-corrected chi connectivity index (χ3v) is 12.7. The fourth-order valence-electron chi connectivity index (χ4n) is 9.49. The summed E-state index contributed by atoms with van der Waals surface area (Å²) in [5.41, 5.74) is 18.1. The molecule has 0 saturated carbocycles. The average Bonchev–Trinajstić information content (AvgIpc) is 3.60. The number of rotatable bonds is 3. The molecule has 1 aliphatic carbocycles. The van der Waals surface area contributed by atoms with Gasteiger partial charge in [-0.2, -0.15) is 0 Å². The summed E-state index contributed by atoms with van der Waals surface area (Å²) in [6, 6.07) is 48.0. The molecule has 0 atom stereocenters. The number of fused-ring (bicyclic) bond motifs is 9. The van der Waals surface area contributed by atoms with Crippen molar-refractivity contribution in [1.29, 1.82) is 0 Å². The van der Waals surface area contributed by atoms with Crippen LogP contribution in [0.15, 0.2) is 138 Å². The molecule has 1 aromatic heterocycles. The van der Waals surface area contributed by atoms with Crippen molar-refractivity contribution >= 4 is 68.6 Å². The number of furan rings is 1. The number of para-hydroxylation sites is 4. The van der Waals surface area contributed by atoms with Gasteiger partial charge in [0.25, 0.3) is 0 Å². The van der Waals surface area contributed by atoms with E-state index in [-0.39, 0.29) is 10.8 Å². The van der Waals surface area contributed by atoms with Crippen LogP contribution in [0.2, 0.25) is 0 Å². The van der Waals surface area contributed by atoms with Crippen LogP contribution >= 0.6 is 0 Å². The van der Waals surface area contributed by atoms with Crippen molar-refractivity contribution in [1.82, 2.24) is 0 Å². The zero-order valence-corrected chi connectivity index (χ0v) is 32.5. The lowest BCUT2D eigenvalue weighted by molar-refractivity contribution is 0.332. The van der Waals surface area contributed by atoms with E-state index in [1.807, 2.05) is 18.2 Å². The molecule has 0 amide bonds. The number of anilines is 5. The third-order valence-electron chi connectivity index (χ3n) is 12.7. The summed E-state index contributed by atoms with van der Waals surface area (Å²) in [6.07, 6.45) is 2.31. The number of hydrogen-bond acceptors (Lipinski definition) is 4. The molecule has 5 heteroatoms. The lowest BCUT2D eigenvalue weighted by Crippen LogP contribution is -2.41. The molecule has 11 rings (SSSR count). The van der Waals surface area contributed by atoms with Crippen LogP contribution in [0.25, 0.3) is 44.2 Å². The highest BCUT2D eigenvalue weighted by atomic mass is 16.5. The Morgan fingerprint density at radius 2 is 1.36 bits per heavy atom. The standard InChI is InChI=1S/C51H42BN2O2/c1-30-26-37-38(51(4,5)25-24-50(37,2)3)29-41(30)54-42-28-32(31-14-7-6-8-15-31)27-36(34-17-13-21-45-47(34)53-40-18-10-12-20-44(40)55-45)46(42)52-39-23-22-35-33-16-9-11-19-43(33)56-49(35)48(39)54/h6-23,26-29,53H,24-25H2,1-5H3. The fourth-order valence-corrected chi connectivity index (χ4v) is 9.49. The van der Waals surface area contributed by atoms with Crippen LogP contribution in [0.1, 0.15) is 57.2 Å². The Balaban J connectivity index is 1.24. The maximum Gasteiger partial charge on any atom is 0.198 e. The Labute approximate surface area is 329 Å². The van der Waals surface area contributed by atoms with Crippen molar-refractivity contribution in [3.05, 3.63) is 150 Å². The first-order chi connectivity index (χ1) is 27.1. The van der Waals surface area contributed by atoms with Crippen LogP contribution in [0.5, 0.6) is 11.5 Å². The van der Waals surface area contributed by atoms with Gasteiger partial charge in [0.2, 0.25) is 0 Å². The lowest BCUT2D eigenvalue weighted by atomic mass is 9.57. The smallest absolute Gasteiger partial charge is 0.198 e. The molecule has 271 valence electrons. The molecule has 2 aliphatic heterocycles. The summed E-state index contributed by atoms with van der Waals surface area (Å²) >= 11 is 0. The van der Waals surface area contributed by atoms with Crippen LogP contribution in [-0.2, 0) is 10.8 Å². The summed E-state index contributed by atoms with van der Waals surface area (Å²) < 4.78 is 13.4. The van der Waals surface area contributed by atoms with Gasteiger partial charge in [-0.1, -0.05) is 124 Å². The van der Waals surface area contributed by atoms with Crippen molar-refractivity contribution in [3.8, 4) is 33.8 Å². The largest absolute Gasteiger partial charge is 0.454 e. The van der Waals surface area contributed by atoms with Crippen molar-refractivity contribution in [2.24, 2.45) is 0 Å². The molecule has 7 aromatic carbocycles. The average molecular weight is 726 g/mol. The number of nitrogens with zero attached hydrogens (tertiary/aromatic N) is 1. The molecule has 0 bridgehead atoms. The van der Waals surface area contributed by atoms with E-state index in [1.165, 1.54) is 28.8 Å². The number of benzene rings is 7. The SMILES string of the molecule is Cc1cc2c(cc1N1c3cc(-c4ccccc4)cc(-c4cccc5c4Nc4ccccc4O5)c3[B]c3ccc4c(oc5ccccc54)c31)C(C)(C)CCC2(C)C. The van der Waals surface area contributed by atoms with Crippen molar-refractivity contribution in [2.45, 2.75) is 58.3 Å². The highest BCUT2D eigenvalue weighted by molar-refractivity contribution is 6.74. The van der Waals surface area contributed by atoms with Crippen LogP contribution in [0.3, 0.4) is 0 Å². The minimum atomic E-state index is 0.0361. The normalized spacial score (nSPS) is 15.8. The Bertz CT molecular complexity index is 2920. The van der Waals surface area contributed by atoms with Crippen molar-refractivity contribution in [2.75, 3.05) is 10.2 Å². The van der Waals surface area contributed by atoms with Crippen molar-refractivity contribution < 1.29 is 9.15 Å². The first-order valence-electron chi connectivity index (χ1n) is 19.8. The molecule has 1 N–H and O–H groups in total. The summed E-state index contributed by atoms with van der Waals surface area (Å²) in [7, 11) is 2.37. The summed E-state index contributed by atoms with van der Waals surface area (Å²) in [5, 5.41) is 6.01. The fraction of sp³-hybridized carbons (Fsp3) is 0.176. The predicted molar refractivity (Wildman–Crippen MR) is 234 cm³/mol. The van der Waals surface area contributed by atoms with E-state index in [1.54, 1.807) is 0 Å². The highest BCUT2D eigenvalue weighted by Gasteiger charge is 2.40. The van der Waals surface area contributed by atoms with Gasteiger partial charge in [0.15, 0.2) is 24.4 Å². The number of hydrogen-bond donors (Lipinski definition) is 1. The second-order valence-corrected chi connectivity index (χ2v) is 17.1. The first kappa shape index (κ1) is 33.2. The summed E-state index contributed by atoms with van der Waals surface area (Å²) in [4.78, 5) is 2.52. The Morgan fingerprint density at radius 1 is 0.625 bits per heavy atom. The second kappa shape index (κ2) is 11.9. The molecule has 1 radical (unpaired) electrons. The van der Waals surface area contributed by atoms with E-state index in [0.717, 1.165) is 95.8 Å². The highest BCUT2D eigenvalue weighted by Crippen LogP contribution is 2.52. The van der Waals surface area contributed by atoms with E-state index in [0.29, 0.717) is 0 Å². The maximum atomic E-state index is 6.89. The molecule has 8 aromatic rings. The van der Waals surface area contributed by atoms with E-state index in [4.69, 9.17) is 9.15 Å². The first-order valence-corrected chi connectivity index (χ1v) is 19.8. The Morgan fingerprint density at radius 3 is 2.20 bits per heavy atom. The van der Waals surface area contributed by atoms with E-state index in [9.17, 15) is 0 Å². The minimum absolute atomic E-state index is 0.0361. The van der Waals surface area contributed by atoms with Gasteiger partial charge in [-0.15, -0.1) is 0 Å². The quantitative estimate of drug-likeness (QED) is 0.184. The van der Waals surface area contributed by atoms with Gasteiger partial charge in [-0.05, 0) is 112 Å². The van der Waals surface area contributed by atoms with Crippen LogP contribution in [0, 0.1) is 6.92 Å². The van der Waals surface area contributed by atoms with Crippen molar-refractivity contribution in [3.63, 3.8) is 0 Å². The molecule has 0 unspecified atom stereocenters. The number of aryl methyl sites for hydroxylation is 1. The maximum absolute atomic E-state index is 6.89. The van der Waals surface area contributed by atoms with Gasteiger partial charge in [-0.3, -0.25) is 0 Å². The molecule has 0 fully saturated rings. The number of nitrogens with one attached hydrogen (secondary N) is 1. The molecule has 56 heavy (non-hydrogen) atoms. The zero-order chi connectivity index (χ0) is 37.9. The van der Waals surface area contributed by atoms with Gasteiger partial charge in [0.1, 0.15) is 5.58 Å². The van der Waals surface area contributed by atoms with Crippen LogP contribution in [0.4, 0.5) is 28.4 Å².